The van der Waals surface area contributed by atoms with E-state index in [-0.39, 0.29) is 31.5 Å². The number of likely N-dealkylation sites (tertiary alicyclic amines) is 1. The Morgan fingerprint density at radius 1 is 1.23 bits per heavy atom. The molecule has 0 saturated carbocycles. The standard InChI is InChI=1S/C27H28FN5O6/c1-31-23-11-21(38-16-25(35)32-8-7-20(34)14-32)5-6-24(23)39-15-22(26(31)36)30-27(37)33-13-18(12-29-33)9-17-3-2-4-19(28)10-17/h2-6,10-13,20,22,34H,7-9,14-16H2,1H3,(H,30,37)/t20-,22+/m1/s1. The van der Waals surface area contributed by atoms with Crippen LogP contribution >= 0.6 is 0 Å². The van der Waals surface area contributed by atoms with Gasteiger partial charge in [0.1, 0.15) is 30.0 Å². The Kier molecular flexibility index (Phi) is 7.46. The Labute approximate surface area is 223 Å². The molecular formula is C27H28FN5O6. The van der Waals surface area contributed by atoms with Gasteiger partial charge in [0.2, 0.25) is 0 Å². The molecule has 0 bridgehead atoms. The number of hydrogen-bond acceptors (Lipinski definition) is 7. The molecule has 1 fully saturated rings. The predicted octanol–water partition coefficient (Wildman–Crippen LogP) is 1.57. The van der Waals surface area contributed by atoms with Gasteiger partial charge >= 0.3 is 6.03 Å². The molecule has 1 aromatic heterocycles. The summed E-state index contributed by atoms with van der Waals surface area (Å²) >= 11 is 0. The summed E-state index contributed by atoms with van der Waals surface area (Å²) in [5.41, 5.74) is 1.87. The van der Waals surface area contributed by atoms with Crippen molar-refractivity contribution in [3.8, 4) is 11.5 Å². The van der Waals surface area contributed by atoms with Crippen LogP contribution in [0.5, 0.6) is 11.5 Å². The number of aliphatic hydroxyl groups is 1. The second-order valence-electron chi connectivity index (χ2n) is 9.51. The van der Waals surface area contributed by atoms with E-state index in [0.717, 1.165) is 10.2 Å². The first-order valence-corrected chi connectivity index (χ1v) is 12.5. The smallest absolute Gasteiger partial charge is 0.342 e. The summed E-state index contributed by atoms with van der Waals surface area (Å²) < 4.78 is 26.0. The van der Waals surface area contributed by atoms with Crippen LogP contribution < -0.4 is 19.7 Å². The van der Waals surface area contributed by atoms with Gasteiger partial charge in [0.25, 0.3) is 11.8 Å². The Bertz CT molecular complexity index is 1390. The number of aromatic nitrogens is 2. The second-order valence-corrected chi connectivity index (χ2v) is 9.51. The number of β-amino-alcohol motifs (C(OH)–C–C–N with tert-alkyl or cyclic N) is 1. The average Bonchev–Trinajstić information content (AvgIpc) is 3.55. The van der Waals surface area contributed by atoms with E-state index in [4.69, 9.17) is 9.47 Å². The van der Waals surface area contributed by atoms with E-state index in [2.05, 4.69) is 10.4 Å². The van der Waals surface area contributed by atoms with E-state index in [1.807, 2.05) is 0 Å². The number of amides is 3. The molecule has 0 radical (unpaired) electrons. The van der Waals surface area contributed by atoms with E-state index >= 15 is 0 Å². The lowest BCUT2D eigenvalue weighted by molar-refractivity contribution is -0.132. The van der Waals surface area contributed by atoms with Crippen molar-refractivity contribution >= 4 is 23.5 Å². The van der Waals surface area contributed by atoms with E-state index in [9.17, 15) is 23.9 Å². The number of halogens is 1. The van der Waals surface area contributed by atoms with E-state index in [0.29, 0.717) is 42.1 Å². The third-order valence-electron chi connectivity index (χ3n) is 6.64. The largest absolute Gasteiger partial charge is 0.489 e. The third-order valence-corrected chi connectivity index (χ3v) is 6.64. The van der Waals surface area contributed by atoms with Crippen LogP contribution in [0.2, 0.25) is 0 Å². The number of likely N-dealkylation sites (N-methyl/N-ethyl adjacent to an activating group) is 1. The number of benzene rings is 2. The highest BCUT2D eigenvalue weighted by atomic mass is 19.1. The highest BCUT2D eigenvalue weighted by Gasteiger charge is 2.31. The maximum Gasteiger partial charge on any atom is 0.342 e. The zero-order chi connectivity index (χ0) is 27.5. The fraction of sp³-hybridized carbons (Fsp3) is 0.333. The minimum atomic E-state index is -0.988. The molecule has 204 valence electrons. The van der Waals surface area contributed by atoms with E-state index in [1.54, 1.807) is 42.3 Å². The number of carbonyl (C=O) groups excluding carboxylic acids is 3. The highest BCUT2D eigenvalue weighted by Crippen LogP contribution is 2.34. The maximum atomic E-state index is 13.5. The van der Waals surface area contributed by atoms with Gasteiger partial charge in [0.05, 0.1) is 18.0 Å². The van der Waals surface area contributed by atoms with Crippen molar-refractivity contribution in [3.05, 3.63) is 71.8 Å². The number of nitrogens with one attached hydrogen (secondary N) is 1. The van der Waals surface area contributed by atoms with Gasteiger partial charge in [0, 0.05) is 38.8 Å². The van der Waals surface area contributed by atoms with Crippen LogP contribution in [0.25, 0.3) is 0 Å². The molecule has 2 aliphatic heterocycles. The van der Waals surface area contributed by atoms with Crippen molar-refractivity contribution in [2.24, 2.45) is 0 Å². The number of rotatable bonds is 6. The van der Waals surface area contributed by atoms with Crippen molar-refractivity contribution in [1.29, 1.82) is 0 Å². The minimum Gasteiger partial charge on any atom is -0.489 e. The lowest BCUT2D eigenvalue weighted by Crippen LogP contribution is -2.50. The molecule has 3 amide bonds. The molecule has 1 saturated heterocycles. The molecule has 0 unspecified atom stereocenters. The van der Waals surface area contributed by atoms with E-state index < -0.39 is 24.1 Å². The highest BCUT2D eigenvalue weighted by molar-refractivity contribution is 6.00. The van der Waals surface area contributed by atoms with Crippen LogP contribution in [0.3, 0.4) is 0 Å². The second kappa shape index (κ2) is 11.1. The Balaban J connectivity index is 1.20. The molecule has 39 heavy (non-hydrogen) atoms. The van der Waals surface area contributed by atoms with Crippen molar-refractivity contribution in [2.45, 2.75) is 25.0 Å². The van der Waals surface area contributed by atoms with Gasteiger partial charge in [0.15, 0.2) is 6.61 Å². The summed E-state index contributed by atoms with van der Waals surface area (Å²) in [5, 5.41) is 16.3. The first kappa shape index (κ1) is 26.2. The molecule has 12 heteroatoms. The van der Waals surface area contributed by atoms with Gasteiger partial charge in [-0.3, -0.25) is 9.59 Å². The lowest BCUT2D eigenvalue weighted by Gasteiger charge is -2.21. The van der Waals surface area contributed by atoms with Crippen molar-refractivity contribution in [3.63, 3.8) is 0 Å². The number of ether oxygens (including phenoxy) is 2. The topological polar surface area (TPSA) is 126 Å². The van der Waals surface area contributed by atoms with Crippen LogP contribution in [0, 0.1) is 5.82 Å². The van der Waals surface area contributed by atoms with Crippen LogP contribution in [-0.2, 0) is 16.0 Å². The zero-order valence-corrected chi connectivity index (χ0v) is 21.2. The molecule has 2 aliphatic rings. The van der Waals surface area contributed by atoms with Crippen molar-refractivity contribution < 1.29 is 33.4 Å². The zero-order valence-electron chi connectivity index (χ0n) is 21.2. The Hall–Kier alpha value is -4.45. The van der Waals surface area contributed by atoms with Gasteiger partial charge in [-0.15, -0.1) is 0 Å². The maximum absolute atomic E-state index is 13.5. The van der Waals surface area contributed by atoms with Crippen LogP contribution in [0.15, 0.2) is 54.9 Å². The molecule has 0 spiro atoms. The van der Waals surface area contributed by atoms with Crippen LogP contribution in [0.4, 0.5) is 14.9 Å². The molecule has 11 nitrogen and oxygen atoms in total. The predicted molar refractivity (Wildman–Crippen MR) is 137 cm³/mol. The molecular weight excluding hydrogens is 509 g/mol. The van der Waals surface area contributed by atoms with Gasteiger partial charge in [-0.25, -0.2) is 9.18 Å². The van der Waals surface area contributed by atoms with Gasteiger partial charge < -0.3 is 29.7 Å². The lowest BCUT2D eigenvalue weighted by atomic mass is 10.1. The van der Waals surface area contributed by atoms with Crippen molar-refractivity contribution in [1.82, 2.24) is 20.0 Å². The number of carbonyl (C=O) groups is 3. The normalized spacial score (nSPS) is 18.8. The molecule has 0 aliphatic carbocycles. The molecule has 2 N–H and O–H groups in total. The molecule has 2 aromatic carbocycles. The average molecular weight is 538 g/mol. The van der Waals surface area contributed by atoms with E-state index in [1.165, 1.54) is 29.4 Å². The summed E-state index contributed by atoms with van der Waals surface area (Å²) in [7, 11) is 1.56. The Morgan fingerprint density at radius 3 is 2.85 bits per heavy atom. The molecule has 3 heterocycles. The number of aliphatic hydroxyl groups excluding tert-OH is 1. The summed E-state index contributed by atoms with van der Waals surface area (Å²) in [6.07, 6.45) is 3.46. The summed E-state index contributed by atoms with van der Waals surface area (Å²) in [4.78, 5) is 41.2. The quantitative estimate of drug-likeness (QED) is 0.489. The first-order valence-electron chi connectivity index (χ1n) is 12.5. The Morgan fingerprint density at radius 2 is 2.08 bits per heavy atom. The number of nitrogens with zero attached hydrogens (tertiary/aromatic N) is 4. The third kappa shape index (κ3) is 6.01. The number of anilines is 1. The SMILES string of the molecule is CN1C(=O)[C@@H](NC(=O)n2cc(Cc3cccc(F)c3)cn2)COc2ccc(OCC(=O)N3CC[C@@H](O)C3)cc21. The molecule has 2 atom stereocenters. The van der Waals surface area contributed by atoms with Gasteiger partial charge in [-0.1, -0.05) is 12.1 Å². The fourth-order valence-corrected chi connectivity index (χ4v) is 4.54. The van der Waals surface area contributed by atoms with Crippen LogP contribution in [0.1, 0.15) is 17.5 Å². The monoisotopic (exact) mass is 537 g/mol. The number of fused-ring (bicyclic) bond motifs is 1. The minimum absolute atomic E-state index is 0.102. The molecule has 3 aromatic rings. The van der Waals surface area contributed by atoms with Crippen molar-refractivity contribution in [2.75, 3.05) is 38.3 Å². The van der Waals surface area contributed by atoms with Crippen LogP contribution in [-0.4, -0.2) is 83.1 Å². The molecule has 5 rings (SSSR count). The summed E-state index contributed by atoms with van der Waals surface area (Å²) in [6, 6.07) is 9.43. The fourth-order valence-electron chi connectivity index (χ4n) is 4.54. The van der Waals surface area contributed by atoms with Gasteiger partial charge in [-0.05, 0) is 41.8 Å². The first-order chi connectivity index (χ1) is 18.8. The summed E-state index contributed by atoms with van der Waals surface area (Å²) in [6.45, 7) is 0.471. The number of hydrogen-bond donors (Lipinski definition) is 2. The van der Waals surface area contributed by atoms with Gasteiger partial charge in [-0.2, -0.15) is 9.78 Å². The summed E-state index contributed by atoms with van der Waals surface area (Å²) in [5.74, 6) is -0.198.